The second kappa shape index (κ2) is 7.15. The molecule has 0 saturated carbocycles. The lowest BCUT2D eigenvalue weighted by atomic mass is 10.2. The van der Waals surface area contributed by atoms with Gasteiger partial charge in [0.25, 0.3) is 5.91 Å². The molecule has 0 atom stereocenters. The highest BCUT2D eigenvalue weighted by molar-refractivity contribution is 6.30. The number of carbonyl (C=O) groups excluding carboxylic acids is 1. The summed E-state index contributed by atoms with van der Waals surface area (Å²) in [6.45, 7) is 1.94. The molecule has 0 saturated heterocycles. The maximum atomic E-state index is 12.4. The Morgan fingerprint density at radius 1 is 1.00 bits per heavy atom. The van der Waals surface area contributed by atoms with Gasteiger partial charge in [-0.1, -0.05) is 35.9 Å². The summed E-state index contributed by atoms with van der Waals surface area (Å²) in [5.74, 6) is -0.251. The molecule has 3 aromatic rings. The van der Waals surface area contributed by atoms with E-state index in [4.69, 9.17) is 11.6 Å². The summed E-state index contributed by atoms with van der Waals surface area (Å²) in [7, 11) is 0. The average molecular weight is 338 g/mol. The number of hydrogen-bond acceptors (Lipinski definition) is 3. The highest BCUT2D eigenvalue weighted by atomic mass is 35.5. The number of hydrogen-bond donors (Lipinski definition) is 2. The molecule has 3 rings (SSSR count). The number of benzene rings is 2. The molecule has 0 aliphatic heterocycles. The molecule has 24 heavy (non-hydrogen) atoms. The summed E-state index contributed by atoms with van der Waals surface area (Å²) in [6.07, 6.45) is 1.60. The van der Waals surface area contributed by atoms with E-state index in [-0.39, 0.29) is 5.91 Å². The van der Waals surface area contributed by atoms with Gasteiger partial charge in [-0.05, 0) is 48.9 Å². The number of carbonyl (C=O) groups is 1. The van der Waals surface area contributed by atoms with Crippen LogP contribution in [0.2, 0.25) is 5.02 Å². The van der Waals surface area contributed by atoms with Gasteiger partial charge in [-0.15, -0.1) is 0 Å². The zero-order chi connectivity index (χ0) is 16.9. The number of para-hydroxylation sites is 1. The van der Waals surface area contributed by atoms with E-state index in [1.165, 1.54) is 0 Å². The Balaban J connectivity index is 1.77. The van der Waals surface area contributed by atoms with E-state index in [0.29, 0.717) is 10.7 Å². The fraction of sp³-hybridized carbons (Fsp3) is 0.0526. The SMILES string of the molecule is Cc1ccccc1NC(=O)c1cc(Nc2cccc(Cl)c2)ccn1. The number of amides is 1. The van der Waals surface area contributed by atoms with Crippen LogP contribution in [-0.4, -0.2) is 10.9 Å². The van der Waals surface area contributed by atoms with Gasteiger partial charge in [-0.3, -0.25) is 9.78 Å². The van der Waals surface area contributed by atoms with Crippen LogP contribution in [-0.2, 0) is 0 Å². The monoisotopic (exact) mass is 337 g/mol. The normalized spacial score (nSPS) is 10.2. The Bertz CT molecular complexity index is 880. The van der Waals surface area contributed by atoms with Crippen LogP contribution in [0.1, 0.15) is 16.1 Å². The van der Waals surface area contributed by atoms with Gasteiger partial charge in [0.1, 0.15) is 5.69 Å². The number of aryl methyl sites for hydroxylation is 1. The van der Waals surface area contributed by atoms with Gasteiger partial charge in [0, 0.05) is 28.3 Å². The molecule has 1 heterocycles. The third-order valence-corrected chi connectivity index (χ3v) is 3.73. The minimum absolute atomic E-state index is 0.251. The zero-order valence-corrected chi connectivity index (χ0v) is 13.8. The van der Waals surface area contributed by atoms with E-state index >= 15 is 0 Å². The standard InChI is InChI=1S/C19H16ClN3O/c1-13-5-2-3-8-17(13)23-19(24)18-12-16(9-10-21-18)22-15-7-4-6-14(20)11-15/h2-12H,1H3,(H,21,22)(H,23,24). The number of anilines is 3. The van der Waals surface area contributed by atoms with Crippen molar-refractivity contribution in [1.82, 2.24) is 4.98 Å². The Morgan fingerprint density at radius 2 is 1.79 bits per heavy atom. The molecule has 2 N–H and O–H groups in total. The fourth-order valence-electron chi connectivity index (χ4n) is 2.26. The van der Waals surface area contributed by atoms with Crippen LogP contribution in [0.3, 0.4) is 0 Å². The number of halogens is 1. The molecule has 0 bridgehead atoms. The van der Waals surface area contributed by atoms with Crippen molar-refractivity contribution in [3.8, 4) is 0 Å². The van der Waals surface area contributed by atoms with E-state index < -0.39 is 0 Å². The number of nitrogens with zero attached hydrogens (tertiary/aromatic N) is 1. The molecule has 0 fully saturated rings. The molecule has 0 aliphatic carbocycles. The van der Waals surface area contributed by atoms with E-state index in [1.807, 2.05) is 49.4 Å². The molecule has 1 amide bonds. The molecular weight excluding hydrogens is 322 g/mol. The molecule has 0 unspecified atom stereocenters. The zero-order valence-electron chi connectivity index (χ0n) is 13.1. The first kappa shape index (κ1) is 16.0. The second-order valence-electron chi connectivity index (χ2n) is 5.33. The van der Waals surface area contributed by atoms with Gasteiger partial charge in [-0.25, -0.2) is 0 Å². The maximum absolute atomic E-state index is 12.4. The number of aromatic nitrogens is 1. The average Bonchev–Trinajstić information content (AvgIpc) is 2.57. The first-order valence-corrected chi connectivity index (χ1v) is 7.85. The van der Waals surface area contributed by atoms with Gasteiger partial charge < -0.3 is 10.6 Å². The van der Waals surface area contributed by atoms with Gasteiger partial charge in [0.2, 0.25) is 0 Å². The Labute approximate surface area is 145 Å². The lowest BCUT2D eigenvalue weighted by molar-refractivity contribution is 0.102. The van der Waals surface area contributed by atoms with Crippen LogP contribution in [0.4, 0.5) is 17.1 Å². The largest absolute Gasteiger partial charge is 0.355 e. The molecule has 2 aromatic carbocycles. The summed E-state index contributed by atoms with van der Waals surface area (Å²) in [5.41, 5.74) is 3.73. The highest BCUT2D eigenvalue weighted by Crippen LogP contribution is 2.21. The van der Waals surface area contributed by atoms with E-state index in [1.54, 1.807) is 24.4 Å². The van der Waals surface area contributed by atoms with Crippen LogP contribution in [0.5, 0.6) is 0 Å². The number of nitrogens with one attached hydrogen (secondary N) is 2. The summed E-state index contributed by atoms with van der Waals surface area (Å²) < 4.78 is 0. The molecule has 1 aromatic heterocycles. The third-order valence-electron chi connectivity index (χ3n) is 3.50. The summed E-state index contributed by atoms with van der Waals surface area (Å²) in [5, 5.41) is 6.73. The van der Waals surface area contributed by atoms with Gasteiger partial charge in [-0.2, -0.15) is 0 Å². The quantitative estimate of drug-likeness (QED) is 0.701. The highest BCUT2D eigenvalue weighted by Gasteiger charge is 2.10. The van der Waals surface area contributed by atoms with E-state index in [9.17, 15) is 4.79 Å². The predicted octanol–water partition coefficient (Wildman–Crippen LogP) is 5.04. The van der Waals surface area contributed by atoms with Crippen molar-refractivity contribution in [2.45, 2.75) is 6.92 Å². The van der Waals surface area contributed by atoms with Crippen LogP contribution < -0.4 is 10.6 Å². The van der Waals surface area contributed by atoms with E-state index in [2.05, 4.69) is 15.6 Å². The topological polar surface area (TPSA) is 54.0 Å². The summed E-state index contributed by atoms with van der Waals surface area (Å²) >= 11 is 5.98. The smallest absolute Gasteiger partial charge is 0.274 e. The minimum Gasteiger partial charge on any atom is -0.355 e. The minimum atomic E-state index is -0.251. The van der Waals surface area contributed by atoms with Crippen molar-refractivity contribution in [3.63, 3.8) is 0 Å². The van der Waals surface area contributed by atoms with Crippen molar-refractivity contribution in [2.75, 3.05) is 10.6 Å². The first-order valence-electron chi connectivity index (χ1n) is 7.47. The molecule has 0 radical (unpaired) electrons. The Kier molecular flexibility index (Phi) is 4.77. The predicted molar refractivity (Wildman–Crippen MR) is 98.1 cm³/mol. The first-order chi connectivity index (χ1) is 11.6. The van der Waals surface area contributed by atoms with Crippen molar-refractivity contribution in [1.29, 1.82) is 0 Å². The summed E-state index contributed by atoms with van der Waals surface area (Å²) in [6, 6.07) is 18.5. The van der Waals surface area contributed by atoms with Crippen LogP contribution in [0.15, 0.2) is 66.9 Å². The molecule has 120 valence electrons. The lowest BCUT2D eigenvalue weighted by Gasteiger charge is -2.10. The van der Waals surface area contributed by atoms with Crippen LogP contribution in [0, 0.1) is 6.92 Å². The lowest BCUT2D eigenvalue weighted by Crippen LogP contribution is -2.14. The second-order valence-corrected chi connectivity index (χ2v) is 5.77. The third kappa shape index (κ3) is 3.91. The van der Waals surface area contributed by atoms with Crippen molar-refractivity contribution < 1.29 is 4.79 Å². The Hall–Kier alpha value is -2.85. The molecule has 0 aliphatic rings. The Morgan fingerprint density at radius 3 is 2.58 bits per heavy atom. The van der Waals surface area contributed by atoms with Crippen molar-refractivity contribution in [3.05, 3.63) is 83.1 Å². The molecule has 0 spiro atoms. The molecular formula is C19H16ClN3O. The van der Waals surface area contributed by atoms with Gasteiger partial charge >= 0.3 is 0 Å². The van der Waals surface area contributed by atoms with Gasteiger partial charge in [0.05, 0.1) is 0 Å². The number of pyridine rings is 1. The maximum Gasteiger partial charge on any atom is 0.274 e. The fourth-order valence-corrected chi connectivity index (χ4v) is 2.46. The van der Waals surface area contributed by atoms with Gasteiger partial charge in [0.15, 0.2) is 0 Å². The molecule has 5 heteroatoms. The summed E-state index contributed by atoms with van der Waals surface area (Å²) in [4.78, 5) is 16.5. The van der Waals surface area contributed by atoms with Crippen molar-refractivity contribution in [2.24, 2.45) is 0 Å². The number of rotatable bonds is 4. The van der Waals surface area contributed by atoms with Crippen LogP contribution in [0.25, 0.3) is 0 Å². The van der Waals surface area contributed by atoms with Crippen molar-refractivity contribution >= 4 is 34.6 Å². The van der Waals surface area contributed by atoms with Crippen LogP contribution >= 0.6 is 11.6 Å². The van der Waals surface area contributed by atoms with E-state index in [0.717, 1.165) is 22.6 Å². The molecule has 4 nitrogen and oxygen atoms in total.